The van der Waals surface area contributed by atoms with Crippen molar-refractivity contribution >= 4 is 23.5 Å². The van der Waals surface area contributed by atoms with Gasteiger partial charge in [0.25, 0.3) is 11.6 Å². The fourth-order valence-electron chi connectivity index (χ4n) is 1.74. The summed E-state index contributed by atoms with van der Waals surface area (Å²) in [5.74, 6) is -0.574. The minimum absolute atomic E-state index is 0.123. The molecule has 2 aromatic rings. The normalized spacial score (nSPS) is 10.1. The first-order valence-electron chi connectivity index (χ1n) is 6.78. The molecule has 0 radical (unpaired) electrons. The molecule has 8 heteroatoms. The van der Waals surface area contributed by atoms with Gasteiger partial charge in [-0.05, 0) is 23.8 Å². The van der Waals surface area contributed by atoms with Crippen molar-refractivity contribution in [3.05, 3.63) is 69.8 Å². The first-order chi connectivity index (χ1) is 11.6. The van der Waals surface area contributed by atoms with Crippen molar-refractivity contribution in [1.82, 2.24) is 0 Å². The molecule has 120 valence electrons. The topological polar surface area (TPSA) is 118 Å². The van der Waals surface area contributed by atoms with E-state index in [1.807, 2.05) is 6.07 Å². The number of benzene rings is 2. The van der Waals surface area contributed by atoms with Crippen LogP contribution in [0.5, 0.6) is 0 Å². The summed E-state index contributed by atoms with van der Waals surface area (Å²) in [6.07, 6.45) is 0.933. The van der Waals surface area contributed by atoms with Gasteiger partial charge in [0.1, 0.15) is 12.8 Å². The van der Waals surface area contributed by atoms with Crippen LogP contribution >= 0.6 is 0 Å². The van der Waals surface area contributed by atoms with Crippen molar-refractivity contribution in [3.8, 4) is 6.07 Å². The standard InChI is InChI=1S/C16H12N4O4/c17-9-12-4-6-13(7-5-12)11-24-18-10-16(21)19-14-2-1-3-15(8-14)20(22)23/h1-8,10H,11H2,(H,19,21)/b18-10-. The van der Waals surface area contributed by atoms with Gasteiger partial charge in [0.2, 0.25) is 0 Å². The zero-order valence-corrected chi connectivity index (χ0v) is 12.4. The van der Waals surface area contributed by atoms with Gasteiger partial charge in [-0.15, -0.1) is 0 Å². The molecule has 24 heavy (non-hydrogen) atoms. The second-order valence-electron chi connectivity index (χ2n) is 4.61. The zero-order chi connectivity index (χ0) is 17.4. The summed E-state index contributed by atoms with van der Waals surface area (Å²) < 4.78 is 0. The molecule has 0 aliphatic heterocycles. The van der Waals surface area contributed by atoms with Crippen LogP contribution in [0, 0.1) is 21.4 Å². The van der Waals surface area contributed by atoms with E-state index in [1.54, 1.807) is 24.3 Å². The van der Waals surface area contributed by atoms with Gasteiger partial charge < -0.3 is 10.2 Å². The van der Waals surface area contributed by atoms with E-state index in [9.17, 15) is 14.9 Å². The molecule has 2 aromatic carbocycles. The summed E-state index contributed by atoms with van der Waals surface area (Å²) in [6, 6.07) is 14.3. The second-order valence-corrected chi connectivity index (χ2v) is 4.61. The number of nitriles is 1. The second kappa shape index (κ2) is 8.05. The number of oxime groups is 1. The van der Waals surface area contributed by atoms with E-state index in [1.165, 1.54) is 24.3 Å². The largest absolute Gasteiger partial charge is 0.391 e. The lowest BCUT2D eigenvalue weighted by Gasteiger charge is -2.02. The predicted molar refractivity (Wildman–Crippen MR) is 86.2 cm³/mol. The van der Waals surface area contributed by atoms with Gasteiger partial charge in [0.05, 0.1) is 16.6 Å². The lowest BCUT2D eigenvalue weighted by molar-refractivity contribution is -0.384. The number of anilines is 1. The van der Waals surface area contributed by atoms with Crippen molar-refractivity contribution in [2.75, 3.05) is 5.32 Å². The zero-order valence-electron chi connectivity index (χ0n) is 12.4. The number of nitrogens with zero attached hydrogens (tertiary/aromatic N) is 3. The molecule has 0 aliphatic rings. The Morgan fingerprint density at radius 1 is 1.33 bits per heavy atom. The van der Waals surface area contributed by atoms with Crippen LogP contribution in [0.15, 0.2) is 53.7 Å². The van der Waals surface area contributed by atoms with Gasteiger partial charge >= 0.3 is 0 Å². The first kappa shape index (κ1) is 16.6. The quantitative estimate of drug-likeness (QED) is 0.498. The van der Waals surface area contributed by atoms with Crippen LogP contribution in [0.25, 0.3) is 0 Å². The predicted octanol–water partition coefficient (Wildman–Crippen LogP) is 2.61. The van der Waals surface area contributed by atoms with Crippen LogP contribution in [0.1, 0.15) is 11.1 Å². The summed E-state index contributed by atoms with van der Waals surface area (Å²) >= 11 is 0. The lowest BCUT2D eigenvalue weighted by atomic mass is 10.2. The minimum atomic E-state index is -0.574. The van der Waals surface area contributed by atoms with Crippen LogP contribution in [-0.2, 0) is 16.2 Å². The maximum Gasteiger partial charge on any atom is 0.271 e. The molecule has 0 saturated heterocycles. The highest BCUT2D eigenvalue weighted by Crippen LogP contribution is 2.16. The van der Waals surface area contributed by atoms with Crippen LogP contribution in [0.4, 0.5) is 11.4 Å². The maximum absolute atomic E-state index is 11.6. The first-order valence-corrected chi connectivity index (χ1v) is 6.78. The number of carbonyl (C=O) groups is 1. The van der Waals surface area contributed by atoms with E-state index >= 15 is 0 Å². The number of hydrogen-bond acceptors (Lipinski definition) is 6. The van der Waals surface area contributed by atoms with Crippen LogP contribution in [0.3, 0.4) is 0 Å². The maximum atomic E-state index is 11.6. The lowest BCUT2D eigenvalue weighted by Crippen LogP contribution is -2.12. The van der Waals surface area contributed by atoms with Crippen LogP contribution in [-0.4, -0.2) is 17.0 Å². The molecule has 0 aromatic heterocycles. The SMILES string of the molecule is N#Cc1ccc(CO/N=C\C(=O)Nc2cccc([N+](=O)[O-])c2)cc1. The third kappa shape index (κ3) is 4.92. The Hall–Kier alpha value is -3.73. The van der Waals surface area contributed by atoms with E-state index in [0.29, 0.717) is 5.56 Å². The van der Waals surface area contributed by atoms with E-state index in [2.05, 4.69) is 10.5 Å². The molecular formula is C16H12N4O4. The summed E-state index contributed by atoms with van der Waals surface area (Å²) in [6.45, 7) is 0.145. The van der Waals surface area contributed by atoms with Gasteiger partial charge in [-0.3, -0.25) is 14.9 Å². The summed E-state index contributed by atoms with van der Waals surface area (Å²) in [5, 5.41) is 25.3. The fourth-order valence-corrected chi connectivity index (χ4v) is 1.74. The number of nitrogens with one attached hydrogen (secondary N) is 1. The smallest absolute Gasteiger partial charge is 0.271 e. The van der Waals surface area contributed by atoms with Crippen molar-refractivity contribution in [2.45, 2.75) is 6.61 Å². The fraction of sp³-hybridized carbons (Fsp3) is 0.0625. The van der Waals surface area contributed by atoms with Crippen molar-refractivity contribution in [1.29, 1.82) is 5.26 Å². The molecule has 0 atom stereocenters. The van der Waals surface area contributed by atoms with Gasteiger partial charge in [-0.1, -0.05) is 23.4 Å². The number of non-ortho nitro benzene ring substituents is 1. The molecule has 8 nitrogen and oxygen atoms in total. The van der Waals surface area contributed by atoms with Gasteiger partial charge in [-0.2, -0.15) is 5.26 Å². The Kier molecular flexibility index (Phi) is 5.58. The molecule has 1 amide bonds. The molecule has 0 fully saturated rings. The average Bonchev–Trinajstić information content (AvgIpc) is 2.59. The molecule has 0 spiro atoms. The van der Waals surface area contributed by atoms with Crippen molar-refractivity contribution in [3.63, 3.8) is 0 Å². The highest BCUT2D eigenvalue weighted by molar-refractivity contribution is 6.31. The van der Waals surface area contributed by atoms with E-state index in [0.717, 1.165) is 11.8 Å². The van der Waals surface area contributed by atoms with E-state index in [-0.39, 0.29) is 18.0 Å². The number of nitro benzene ring substituents is 1. The third-order valence-electron chi connectivity index (χ3n) is 2.88. The van der Waals surface area contributed by atoms with Gasteiger partial charge in [0.15, 0.2) is 0 Å². The van der Waals surface area contributed by atoms with Crippen molar-refractivity contribution < 1.29 is 14.6 Å². The molecule has 0 unspecified atom stereocenters. The highest BCUT2D eigenvalue weighted by Gasteiger charge is 2.07. The number of rotatable bonds is 6. The number of nitro groups is 1. The minimum Gasteiger partial charge on any atom is -0.391 e. The highest BCUT2D eigenvalue weighted by atomic mass is 16.6. The molecule has 0 bridgehead atoms. The Morgan fingerprint density at radius 2 is 2.08 bits per heavy atom. The average molecular weight is 324 g/mol. The molecule has 0 saturated carbocycles. The number of hydrogen-bond donors (Lipinski definition) is 1. The Balaban J connectivity index is 1.83. The monoisotopic (exact) mass is 324 g/mol. The molecule has 1 N–H and O–H groups in total. The van der Waals surface area contributed by atoms with Crippen LogP contribution in [0.2, 0.25) is 0 Å². The van der Waals surface area contributed by atoms with Gasteiger partial charge in [-0.25, -0.2) is 0 Å². The molecule has 0 aliphatic carbocycles. The number of amides is 1. The number of carbonyl (C=O) groups excluding carboxylic acids is 1. The molecule has 2 rings (SSSR count). The van der Waals surface area contributed by atoms with E-state index < -0.39 is 10.8 Å². The summed E-state index contributed by atoms with van der Waals surface area (Å²) in [5.41, 5.74) is 1.50. The third-order valence-corrected chi connectivity index (χ3v) is 2.88. The van der Waals surface area contributed by atoms with Gasteiger partial charge in [0, 0.05) is 17.8 Å². The molecule has 0 heterocycles. The Labute approximate surface area is 137 Å². The van der Waals surface area contributed by atoms with Crippen LogP contribution < -0.4 is 5.32 Å². The summed E-state index contributed by atoms with van der Waals surface area (Å²) in [7, 11) is 0. The van der Waals surface area contributed by atoms with E-state index in [4.69, 9.17) is 10.1 Å². The Bertz CT molecular complexity index is 810. The van der Waals surface area contributed by atoms with Crippen molar-refractivity contribution in [2.24, 2.45) is 5.16 Å². The Morgan fingerprint density at radius 3 is 2.75 bits per heavy atom. The summed E-state index contributed by atoms with van der Waals surface area (Å²) in [4.78, 5) is 26.7. The molecular weight excluding hydrogens is 312 g/mol.